The molecule has 4 heteroatoms. The van der Waals surface area contributed by atoms with E-state index < -0.39 is 0 Å². The smallest absolute Gasteiger partial charge is 0.161 e. The van der Waals surface area contributed by atoms with E-state index in [9.17, 15) is 0 Å². The van der Waals surface area contributed by atoms with Crippen molar-refractivity contribution in [3.8, 4) is 11.5 Å². The summed E-state index contributed by atoms with van der Waals surface area (Å²) in [4.78, 5) is 4.09. The highest BCUT2D eigenvalue weighted by Crippen LogP contribution is 2.30. The number of rotatable bonds is 5. The molecule has 19 heavy (non-hydrogen) atoms. The minimum Gasteiger partial charge on any atom is -0.493 e. The van der Waals surface area contributed by atoms with Gasteiger partial charge in [-0.2, -0.15) is 0 Å². The zero-order valence-corrected chi connectivity index (χ0v) is 11.4. The SMILES string of the molecule is COc1ccc(C(C)Nc2cccnc2)cc1OC. The lowest BCUT2D eigenvalue weighted by molar-refractivity contribution is 0.354. The Bertz CT molecular complexity index is 529. The van der Waals surface area contributed by atoms with E-state index in [1.165, 1.54) is 0 Å². The van der Waals surface area contributed by atoms with Crippen LogP contribution in [0.5, 0.6) is 11.5 Å². The molecule has 0 fully saturated rings. The van der Waals surface area contributed by atoms with Crippen LogP contribution in [0.3, 0.4) is 0 Å². The maximum atomic E-state index is 5.31. The average Bonchev–Trinajstić information content (AvgIpc) is 2.47. The number of hydrogen-bond donors (Lipinski definition) is 1. The van der Waals surface area contributed by atoms with Crippen molar-refractivity contribution in [1.29, 1.82) is 0 Å². The van der Waals surface area contributed by atoms with Gasteiger partial charge in [-0.3, -0.25) is 4.98 Å². The first-order valence-electron chi connectivity index (χ1n) is 6.13. The molecule has 0 saturated heterocycles. The van der Waals surface area contributed by atoms with E-state index in [0.29, 0.717) is 0 Å². The summed E-state index contributed by atoms with van der Waals surface area (Å²) >= 11 is 0. The van der Waals surface area contributed by atoms with Crippen molar-refractivity contribution < 1.29 is 9.47 Å². The third-order valence-electron chi connectivity index (χ3n) is 2.95. The number of anilines is 1. The van der Waals surface area contributed by atoms with Gasteiger partial charge in [0.2, 0.25) is 0 Å². The molecule has 1 N–H and O–H groups in total. The molecule has 1 heterocycles. The molecule has 0 aliphatic heterocycles. The van der Waals surface area contributed by atoms with Crippen LogP contribution in [-0.2, 0) is 0 Å². The summed E-state index contributed by atoms with van der Waals surface area (Å²) < 4.78 is 10.5. The van der Waals surface area contributed by atoms with Crippen LogP contribution in [0.4, 0.5) is 5.69 Å². The van der Waals surface area contributed by atoms with Crippen LogP contribution in [-0.4, -0.2) is 19.2 Å². The monoisotopic (exact) mass is 258 g/mol. The van der Waals surface area contributed by atoms with Gasteiger partial charge in [0, 0.05) is 18.4 Å². The fourth-order valence-electron chi connectivity index (χ4n) is 1.90. The molecule has 0 bridgehead atoms. The third kappa shape index (κ3) is 3.16. The fraction of sp³-hybridized carbons (Fsp3) is 0.267. The maximum Gasteiger partial charge on any atom is 0.161 e. The van der Waals surface area contributed by atoms with E-state index in [4.69, 9.17) is 9.47 Å². The predicted molar refractivity (Wildman–Crippen MR) is 75.8 cm³/mol. The molecule has 2 aromatic rings. The summed E-state index contributed by atoms with van der Waals surface area (Å²) in [6, 6.07) is 9.97. The van der Waals surface area contributed by atoms with Crippen molar-refractivity contribution in [2.75, 3.05) is 19.5 Å². The van der Waals surface area contributed by atoms with Crippen molar-refractivity contribution in [1.82, 2.24) is 4.98 Å². The van der Waals surface area contributed by atoms with Gasteiger partial charge in [0.1, 0.15) is 0 Å². The quantitative estimate of drug-likeness (QED) is 0.893. The molecule has 100 valence electrons. The first kappa shape index (κ1) is 13.2. The number of methoxy groups -OCH3 is 2. The Balaban J connectivity index is 2.17. The molecule has 1 aromatic heterocycles. The molecule has 0 amide bonds. The normalized spacial score (nSPS) is 11.7. The predicted octanol–water partition coefficient (Wildman–Crippen LogP) is 3.27. The lowest BCUT2D eigenvalue weighted by Gasteiger charge is -2.17. The molecule has 1 aromatic carbocycles. The van der Waals surface area contributed by atoms with E-state index in [1.807, 2.05) is 30.3 Å². The molecule has 0 aliphatic carbocycles. The van der Waals surface area contributed by atoms with Crippen molar-refractivity contribution >= 4 is 5.69 Å². The Kier molecular flexibility index (Phi) is 4.23. The van der Waals surface area contributed by atoms with Gasteiger partial charge in [0.05, 0.1) is 19.9 Å². The molecule has 1 unspecified atom stereocenters. The van der Waals surface area contributed by atoms with Crippen LogP contribution in [0.25, 0.3) is 0 Å². The zero-order chi connectivity index (χ0) is 13.7. The minimum absolute atomic E-state index is 0.156. The van der Waals surface area contributed by atoms with Gasteiger partial charge in [-0.25, -0.2) is 0 Å². The van der Waals surface area contributed by atoms with E-state index in [0.717, 1.165) is 22.7 Å². The van der Waals surface area contributed by atoms with Gasteiger partial charge in [-0.05, 0) is 36.8 Å². The van der Waals surface area contributed by atoms with E-state index in [1.54, 1.807) is 26.6 Å². The summed E-state index contributed by atoms with van der Waals surface area (Å²) in [5.41, 5.74) is 2.12. The Morgan fingerprint density at radius 1 is 1.11 bits per heavy atom. The summed E-state index contributed by atoms with van der Waals surface area (Å²) in [6.07, 6.45) is 3.56. The van der Waals surface area contributed by atoms with Gasteiger partial charge in [0.25, 0.3) is 0 Å². The van der Waals surface area contributed by atoms with Crippen molar-refractivity contribution in [3.05, 3.63) is 48.3 Å². The van der Waals surface area contributed by atoms with Gasteiger partial charge >= 0.3 is 0 Å². The minimum atomic E-state index is 0.156. The summed E-state index contributed by atoms with van der Waals surface area (Å²) in [6.45, 7) is 2.09. The summed E-state index contributed by atoms with van der Waals surface area (Å²) in [5.74, 6) is 1.47. The van der Waals surface area contributed by atoms with Crippen molar-refractivity contribution in [3.63, 3.8) is 0 Å². The Hall–Kier alpha value is -2.23. The molecule has 0 saturated carbocycles. The van der Waals surface area contributed by atoms with Gasteiger partial charge in [0.15, 0.2) is 11.5 Å². The Morgan fingerprint density at radius 3 is 2.53 bits per heavy atom. The molecule has 0 radical (unpaired) electrons. The molecule has 2 rings (SSSR count). The number of nitrogens with one attached hydrogen (secondary N) is 1. The fourth-order valence-corrected chi connectivity index (χ4v) is 1.90. The van der Waals surface area contributed by atoms with Gasteiger partial charge < -0.3 is 14.8 Å². The van der Waals surface area contributed by atoms with Crippen LogP contribution in [0.15, 0.2) is 42.7 Å². The Morgan fingerprint density at radius 2 is 1.89 bits per heavy atom. The maximum absolute atomic E-state index is 5.31. The molecule has 0 spiro atoms. The van der Waals surface area contributed by atoms with E-state index >= 15 is 0 Å². The number of benzene rings is 1. The van der Waals surface area contributed by atoms with Crippen LogP contribution >= 0.6 is 0 Å². The second-order valence-corrected chi connectivity index (χ2v) is 4.22. The third-order valence-corrected chi connectivity index (χ3v) is 2.95. The molecular weight excluding hydrogens is 240 g/mol. The summed E-state index contributed by atoms with van der Waals surface area (Å²) in [7, 11) is 3.27. The van der Waals surface area contributed by atoms with Gasteiger partial charge in [-0.1, -0.05) is 6.07 Å². The number of ether oxygens (including phenoxy) is 2. The zero-order valence-electron chi connectivity index (χ0n) is 11.4. The molecular formula is C15H18N2O2. The highest BCUT2D eigenvalue weighted by molar-refractivity contribution is 5.47. The number of aromatic nitrogens is 1. The Labute approximate surface area is 113 Å². The number of hydrogen-bond acceptors (Lipinski definition) is 4. The molecule has 1 atom stereocenters. The lowest BCUT2D eigenvalue weighted by atomic mass is 10.1. The second kappa shape index (κ2) is 6.09. The molecule has 0 aliphatic rings. The van der Waals surface area contributed by atoms with Crippen LogP contribution in [0.1, 0.15) is 18.5 Å². The number of nitrogens with zero attached hydrogens (tertiary/aromatic N) is 1. The highest BCUT2D eigenvalue weighted by atomic mass is 16.5. The van der Waals surface area contributed by atoms with E-state index in [-0.39, 0.29) is 6.04 Å². The average molecular weight is 258 g/mol. The van der Waals surface area contributed by atoms with E-state index in [2.05, 4.69) is 17.2 Å². The first-order chi connectivity index (χ1) is 9.24. The standard InChI is InChI=1S/C15H18N2O2/c1-11(17-13-5-4-8-16-10-13)12-6-7-14(18-2)15(9-12)19-3/h4-11,17H,1-3H3. The van der Waals surface area contributed by atoms with Crippen LogP contribution in [0.2, 0.25) is 0 Å². The largest absolute Gasteiger partial charge is 0.493 e. The first-order valence-corrected chi connectivity index (χ1v) is 6.13. The second-order valence-electron chi connectivity index (χ2n) is 4.22. The van der Waals surface area contributed by atoms with Crippen LogP contribution < -0.4 is 14.8 Å². The molecule has 4 nitrogen and oxygen atoms in total. The lowest BCUT2D eigenvalue weighted by Crippen LogP contribution is -2.07. The van der Waals surface area contributed by atoms with Crippen LogP contribution in [0, 0.1) is 0 Å². The highest BCUT2D eigenvalue weighted by Gasteiger charge is 2.10. The van der Waals surface area contributed by atoms with Crippen molar-refractivity contribution in [2.45, 2.75) is 13.0 Å². The number of pyridine rings is 1. The topological polar surface area (TPSA) is 43.4 Å². The van der Waals surface area contributed by atoms with Gasteiger partial charge in [-0.15, -0.1) is 0 Å². The summed E-state index contributed by atoms with van der Waals surface area (Å²) in [5, 5.41) is 3.39. The van der Waals surface area contributed by atoms with Crippen molar-refractivity contribution in [2.24, 2.45) is 0 Å².